The Balaban J connectivity index is 1.55. The number of nitrogens with zero attached hydrogens (tertiary/aromatic N) is 1. The largest absolute Gasteiger partial charge is 0.452 e. The topological polar surface area (TPSA) is 65.5 Å². The first kappa shape index (κ1) is 16.7. The number of aromatic nitrogens is 1. The SMILES string of the molecule is O=C(Oc1ccc2c(c1)OC(=Cc1cccnc1)C2=O)c1ccc(F)cc1. The smallest absolute Gasteiger partial charge is 0.343 e. The lowest BCUT2D eigenvalue weighted by Gasteiger charge is -2.05. The third-order valence-corrected chi connectivity index (χ3v) is 3.91. The van der Waals surface area contributed by atoms with E-state index in [0.717, 1.165) is 5.56 Å². The molecule has 0 spiro atoms. The van der Waals surface area contributed by atoms with Crippen LogP contribution in [0.25, 0.3) is 6.08 Å². The molecule has 0 atom stereocenters. The number of esters is 1. The maximum absolute atomic E-state index is 12.9. The van der Waals surface area contributed by atoms with Crippen molar-refractivity contribution in [1.29, 1.82) is 0 Å². The van der Waals surface area contributed by atoms with Crippen molar-refractivity contribution in [2.24, 2.45) is 0 Å². The van der Waals surface area contributed by atoms with Gasteiger partial charge in [0.2, 0.25) is 5.78 Å². The minimum atomic E-state index is -0.634. The summed E-state index contributed by atoms with van der Waals surface area (Å²) in [6.07, 6.45) is 4.85. The number of fused-ring (bicyclic) bond motifs is 1. The average Bonchev–Trinajstić information content (AvgIpc) is 2.98. The first-order chi connectivity index (χ1) is 13.1. The highest BCUT2D eigenvalue weighted by Gasteiger charge is 2.28. The quantitative estimate of drug-likeness (QED) is 0.400. The fourth-order valence-corrected chi connectivity index (χ4v) is 2.60. The van der Waals surface area contributed by atoms with Crippen molar-refractivity contribution in [2.75, 3.05) is 0 Å². The van der Waals surface area contributed by atoms with E-state index in [1.807, 2.05) is 0 Å². The number of allylic oxidation sites excluding steroid dienone is 1. The van der Waals surface area contributed by atoms with E-state index >= 15 is 0 Å². The van der Waals surface area contributed by atoms with Gasteiger partial charge in [-0.2, -0.15) is 0 Å². The number of halogens is 1. The molecule has 2 heterocycles. The standard InChI is InChI=1S/C21H12FNO4/c22-15-5-3-14(4-6-15)21(25)26-16-7-8-17-18(11-16)27-19(20(17)24)10-13-2-1-9-23-12-13/h1-12H. The van der Waals surface area contributed by atoms with Crippen molar-refractivity contribution in [3.05, 3.63) is 95.3 Å². The molecule has 6 heteroatoms. The Bertz CT molecular complexity index is 1060. The number of rotatable bonds is 3. The predicted molar refractivity (Wildman–Crippen MR) is 95.0 cm³/mol. The molecule has 0 saturated heterocycles. The number of ether oxygens (including phenoxy) is 2. The molecular weight excluding hydrogens is 349 g/mol. The first-order valence-corrected chi connectivity index (χ1v) is 8.06. The van der Waals surface area contributed by atoms with Gasteiger partial charge in [-0.15, -0.1) is 0 Å². The van der Waals surface area contributed by atoms with Crippen molar-refractivity contribution >= 4 is 17.8 Å². The molecule has 0 saturated carbocycles. The van der Waals surface area contributed by atoms with Gasteiger partial charge in [0.25, 0.3) is 0 Å². The first-order valence-electron chi connectivity index (χ1n) is 8.06. The minimum Gasteiger partial charge on any atom is -0.452 e. The summed E-state index contributed by atoms with van der Waals surface area (Å²) >= 11 is 0. The summed E-state index contributed by atoms with van der Waals surface area (Å²) in [7, 11) is 0. The molecule has 0 fully saturated rings. The van der Waals surface area contributed by atoms with Crippen molar-refractivity contribution in [3.63, 3.8) is 0 Å². The Kier molecular flexibility index (Phi) is 4.22. The van der Waals surface area contributed by atoms with E-state index in [-0.39, 0.29) is 22.9 Å². The maximum atomic E-state index is 12.9. The number of carbonyl (C=O) groups is 2. The summed E-state index contributed by atoms with van der Waals surface area (Å²) in [5, 5.41) is 0. The summed E-state index contributed by atoms with van der Waals surface area (Å²) in [6.45, 7) is 0. The minimum absolute atomic E-state index is 0.167. The van der Waals surface area contributed by atoms with Gasteiger partial charge in [0.15, 0.2) is 5.76 Å². The van der Waals surface area contributed by atoms with Gasteiger partial charge < -0.3 is 9.47 Å². The Morgan fingerprint density at radius 2 is 1.93 bits per heavy atom. The third-order valence-electron chi connectivity index (χ3n) is 3.91. The second kappa shape index (κ2) is 6.84. The highest BCUT2D eigenvalue weighted by Crippen LogP contribution is 2.35. The molecule has 1 aliphatic heterocycles. The summed E-state index contributed by atoms with van der Waals surface area (Å²) in [6, 6.07) is 13.1. The number of pyridine rings is 1. The van der Waals surface area contributed by atoms with E-state index in [2.05, 4.69) is 4.98 Å². The van der Waals surface area contributed by atoms with E-state index in [0.29, 0.717) is 11.3 Å². The number of benzene rings is 2. The highest BCUT2D eigenvalue weighted by molar-refractivity contribution is 6.14. The van der Waals surface area contributed by atoms with E-state index in [1.54, 1.807) is 30.6 Å². The Morgan fingerprint density at radius 3 is 2.67 bits per heavy atom. The Labute approximate surface area is 153 Å². The maximum Gasteiger partial charge on any atom is 0.343 e. The molecule has 0 radical (unpaired) electrons. The zero-order valence-corrected chi connectivity index (χ0v) is 13.9. The van der Waals surface area contributed by atoms with Gasteiger partial charge in [0, 0.05) is 18.5 Å². The molecule has 5 nitrogen and oxygen atoms in total. The Hall–Kier alpha value is -3.80. The lowest BCUT2D eigenvalue weighted by Crippen LogP contribution is -2.08. The van der Waals surface area contributed by atoms with Crippen LogP contribution in [0.15, 0.2) is 72.8 Å². The molecule has 1 aliphatic rings. The number of Topliss-reactive ketones (excluding diaryl/α,β-unsaturated/α-hetero) is 1. The van der Waals surface area contributed by atoms with E-state index in [1.165, 1.54) is 42.5 Å². The van der Waals surface area contributed by atoms with Gasteiger partial charge in [-0.05, 0) is 54.1 Å². The van der Waals surface area contributed by atoms with Crippen molar-refractivity contribution < 1.29 is 23.5 Å². The van der Waals surface area contributed by atoms with Crippen LogP contribution >= 0.6 is 0 Å². The van der Waals surface area contributed by atoms with Crippen LogP contribution in [0.1, 0.15) is 26.3 Å². The molecule has 2 aromatic carbocycles. The van der Waals surface area contributed by atoms with E-state index < -0.39 is 11.8 Å². The molecule has 0 N–H and O–H groups in total. The molecule has 0 bridgehead atoms. The van der Waals surface area contributed by atoms with Crippen LogP contribution in [0, 0.1) is 5.82 Å². The molecule has 1 aromatic heterocycles. The average molecular weight is 361 g/mol. The summed E-state index contributed by atoms with van der Waals surface area (Å²) < 4.78 is 23.8. The van der Waals surface area contributed by atoms with Crippen LogP contribution in [0.5, 0.6) is 11.5 Å². The molecule has 3 aromatic rings. The zero-order chi connectivity index (χ0) is 18.8. The summed E-state index contributed by atoms with van der Waals surface area (Å²) in [5.74, 6) is -0.641. The Morgan fingerprint density at radius 1 is 1.11 bits per heavy atom. The molecule has 0 amide bonds. The molecule has 132 valence electrons. The molecule has 0 unspecified atom stereocenters. The van der Waals surface area contributed by atoms with E-state index in [4.69, 9.17) is 9.47 Å². The normalized spacial score (nSPS) is 14.0. The van der Waals surface area contributed by atoms with Crippen LogP contribution in [0.2, 0.25) is 0 Å². The van der Waals surface area contributed by atoms with Gasteiger partial charge in [-0.1, -0.05) is 6.07 Å². The van der Waals surface area contributed by atoms with E-state index in [9.17, 15) is 14.0 Å². The molecule has 27 heavy (non-hydrogen) atoms. The van der Waals surface area contributed by atoms with Gasteiger partial charge >= 0.3 is 5.97 Å². The van der Waals surface area contributed by atoms with Crippen LogP contribution < -0.4 is 9.47 Å². The summed E-state index contributed by atoms with van der Waals surface area (Å²) in [4.78, 5) is 28.5. The zero-order valence-electron chi connectivity index (χ0n) is 13.9. The third kappa shape index (κ3) is 3.46. The second-order valence-electron chi connectivity index (χ2n) is 5.78. The van der Waals surface area contributed by atoms with Crippen molar-refractivity contribution in [1.82, 2.24) is 4.98 Å². The van der Waals surface area contributed by atoms with Crippen LogP contribution in [-0.4, -0.2) is 16.7 Å². The molecule has 4 rings (SSSR count). The van der Waals surface area contributed by atoms with Crippen molar-refractivity contribution in [2.45, 2.75) is 0 Å². The van der Waals surface area contributed by atoms with Gasteiger partial charge in [0.05, 0.1) is 11.1 Å². The van der Waals surface area contributed by atoms with Crippen LogP contribution in [-0.2, 0) is 0 Å². The van der Waals surface area contributed by atoms with Gasteiger partial charge in [-0.3, -0.25) is 9.78 Å². The lowest BCUT2D eigenvalue weighted by atomic mass is 10.1. The predicted octanol–water partition coefficient (Wildman–Crippen LogP) is 4.06. The highest BCUT2D eigenvalue weighted by atomic mass is 19.1. The van der Waals surface area contributed by atoms with Gasteiger partial charge in [-0.25, -0.2) is 9.18 Å². The summed E-state index contributed by atoms with van der Waals surface area (Å²) in [5.41, 5.74) is 1.33. The molecular formula is C21H12FNO4. The van der Waals surface area contributed by atoms with Crippen molar-refractivity contribution in [3.8, 4) is 11.5 Å². The number of carbonyl (C=O) groups excluding carboxylic acids is 2. The fourth-order valence-electron chi connectivity index (χ4n) is 2.60. The van der Waals surface area contributed by atoms with Gasteiger partial charge in [0.1, 0.15) is 17.3 Å². The number of ketones is 1. The van der Waals surface area contributed by atoms with Crippen LogP contribution in [0.3, 0.4) is 0 Å². The number of hydrogen-bond acceptors (Lipinski definition) is 5. The lowest BCUT2D eigenvalue weighted by molar-refractivity contribution is 0.0734. The monoisotopic (exact) mass is 361 g/mol. The molecule has 0 aliphatic carbocycles. The second-order valence-corrected chi connectivity index (χ2v) is 5.78. The van der Waals surface area contributed by atoms with Crippen LogP contribution in [0.4, 0.5) is 4.39 Å². The fraction of sp³-hybridized carbons (Fsp3) is 0. The number of hydrogen-bond donors (Lipinski definition) is 0.